The Balaban J connectivity index is 1.98. The summed E-state index contributed by atoms with van der Waals surface area (Å²) in [6, 6.07) is 16.1. The number of para-hydroxylation sites is 1. The van der Waals surface area contributed by atoms with E-state index in [1.165, 1.54) is 11.8 Å². The molecule has 0 aliphatic rings. The first-order valence-electron chi connectivity index (χ1n) is 8.60. The Morgan fingerprint density at radius 1 is 1.15 bits per heavy atom. The number of carbonyl (C=O) groups is 1. The minimum Gasteiger partial charge on any atom is -0.465 e. The second-order valence-corrected chi connectivity index (χ2v) is 8.63. The molecule has 0 saturated carbocycles. The van der Waals surface area contributed by atoms with Gasteiger partial charge in [-0.25, -0.2) is 0 Å². The molecule has 0 radical (unpaired) electrons. The van der Waals surface area contributed by atoms with Crippen LogP contribution in [0.2, 0.25) is 5.02 Å². The number of carbonyl (C=O) groups excluding carboxylic acids is 1. The zero-order valence-electron chi connectivity index (χ0n) is 15.2. The van der Waals surface area contributed by atoms with Crippen molar-refractivity contribution < 1.29 is 9.53 Å². The number of rotatable bonds is 6. The second kappa shape index (κ2) is 7.77. The fourth-order valence-corrected chi connectivity index (χ4v) is 4.21. The van der Waals surface area contributed by atoms with Gasteiger partial charge in [-0.3, -0.25) is 4.79 Å². The van der Waals surface area contributed by atoms with Crippen molar-refractivity contribution in [2.24, 2.45) is 0 Å². The third-order valence-electron chi connectivity index (χ3n) is 4.18. The molecule has 136 valence electrons. The molecule has 0 N–H and O–H groups in total. The molecular weight excluding hydrogens is 366 g/mol. The zero-order chi connectivity index (χ0) is 18.7. The highest BCUT2D eigenvalue weighted by Gasteiger charge is 2.31. The van der Waals surface area contributed by atoms with Crippen molar-refractivity contribution >= 4 is 40.2 Å². The maximum Gasteiger partial charge on any atom is 0.321 e. The molecule has 1 heterocycles. The van der Waals surface area contributed by atoms with E-state index in [1.54, 1.807) is 0 Å². The molecule has 3 nitrogen and oxygen atoms in total. The third-order valence-corrected chi connectivity index (χ3v) is 5.77. The lowest BCUT2D eigenvalue weighted by atomic mass is 10.2. The molecule has 0 aliphatic carbocycles. The van der Waals surface area contributed by atoms with Gasteiger partial charge in [-0.1, -0.05) is 48.0 Å². The summed E-state index contributed by atoms with van der Waals surface area (Å²) in [7, 11) is 0. The Kier molecular flexibility index (Phi) is 5.64. The van der Waals surface area contributed by atoms with E-state index in [4.69, 9.17) is 16.3 Å². The molecule has 0 spiro atoms. The Morgan fingerprint density at radius 3 is 2.58 bits per heavy atom. The number of hydrogen-bond acceptors (Lipinski definition) is 3. The zero-order valence-corrected chi connectivity index (χ0v) is 16.7. The van der Waals surface area contributed by atoms with E-state index in [9.17, 15) is 4.79 Å². The summed E-state index contributed by atoms with van der Waals surface area (Å²) in [5.74, 6) is -0.201. The van der Waals surface area contributed by atoms with Crippen LogP contribution in [0.15, 0.2) is 59.6 Å². The van der Waals surface area contributed by atoms with Crippen molar-refractivity contribution in [1.82, 2.24) is 4.57 Å². The number of benzene rings is 2. The molecule has 0 fully saturated rings. The van der Waals surface area contributed by atoms with Crippen molar-refractivity contribution in [2.75, 3.05) is 6.61 Å². The van der Waals surface area contributed by atoms with E-state index >= 15 is 0 Å². The van der Waals surface area contributed by atoms with E-state index in [1.807, 2.05) is 57.2 Å². The summed E-state index contributed by atoms with van der Waals surface area (Å²) in [5.41, 5.74) is 2.19. The first-order chi connectivity index (χ1) is 12.4. The molecular formula is C21H22ClNO2S. The lowest BCUT2D eigenvalue weighted by Gasteiger charge is -2.21. The van der Waals surface area contributed by atoms with Gasteiger partial charge in [-0.15, -0.1) is 11.8 Å². The molecule has 0 amide bonds. The minimum atomic E-state index is -0.657. The van der Waals surface area contributed by atoms with Crippen LogP contribution in [0.1, 0.15) is 26.3 Å². The Morgan fingerprint density at radius 2 is 1.85 bits per heavy atom. The van der Waals surface area contributed by atoms with Crippen LogP contribution in [0.5, 0.6) is 0 Å². The largest absolute Gasteiger partial charge is 0.465 e. The number of halogens is 1. The second-order valence-electron chi connectivity index (χ2n) is 6.56. The molecule has 1 aromatic heterocycles. The Hall–Kier alpha value is -1.91. The van der Waals surface area contributed by atoms with Gasteiger partial charge in [0.25, 0.3) is 0 Å². The molecule has 0 unspecified atom stereocenters. The first-order valence-corrected chi connectivity index (χ1v) is 9.79. The first kappa shape index (κ1) is 18.9. The summed E-state index contributed by atoms with van der Waals surface area (Å²) in [6.45, 7) is 6.69. The predicted octanol–water partition coefficient (Wildman–Crippen LogP) is 5.78. The van der Waals surface area contributed by atoms with E-state index in [0.717, 1.165) is 26.4 Å². The van der Waals surface area contributed by atoms with E-state index < -0.39 is 4.75 Å². The number of esters is 1. The fraction of sp³-hybridized carbons (Fsp3) is 0.286. The SMILES string of the molecule is CCOC(=O)C(C)(C)Sc1cn(Cc2ccccc2Cl)c2ccccc12. The standard InChI is InChI=1S/C21H22ClNO2S/c1-4-25-20(24)21(2,3)26-19-14-23(18-12-8-6-10-16(18)19)13-15-9-5-7-11-17(15)22/h5-12,14H,4,13H2,1-3H3. The van der Waals surface area contributed by atoms with Crippen molar-refractivity contribution in [3.63, 3.8) is 0 Å². The van der Waals surface area contributed by atoms with Gasteiger partial charge in [0.05, 0.1) is 6.61 Å². The number of thioether (sulfide) groups is 1. The van der Waals surface area contributed by atoms with Crippen LogP contribution >= 0.6 is 23.4 Å². The summed E-state index contributed by atoms with van der Waals surface area (Å²) in [5, 5.41) is 1.88. The third kappa shape index (κ3) is 3.92. The Bertz CT molecular complexity index is 933. The van der Waals surface area contributed by atoms with Gasteiger partial charge in [0.2, 0.25) is 0 Å². The predicted molar refractivity (Wildman–Crippen MR) is 109 cm³/mol. The molecule has 2 aromatic carbocycles. The van der Waals surface area contributed by atoms with Crippen molar-refractivity contribution in [1.29, 1.82) is 0 Å². The molecule has 0 atom stereocenters. The molecule has 0 bridgehead atoms. The Labute approximate surface area is 163 Å². The molecule has 5 heteroatoms. The van der Waals surface area contributed by atoms with Gasteiger partial charge in [0.15, 0.2) is 0 Å². The van der Waals surface area contributed by atoms with Crippen LogP contribution in [-0.4, -0.2) is 21.9 Å². The minimum absolute atomic E-state index is 0.201. The lowest BCUT2D eigenvalue weighted by molar-refractivity contribution is -0.145. The van der Waals surface area contributed by atoms with Crippen molar-refractivity contribution in [3.8, 4) is 0 Å². The molecule has 0 saturated heterocycles. The van der Waals surface area contributed by atoms with Crippen molar-refractivity contribution in [2.45, 2.75) is 37.0 Å². The van der Waals surface area contributed by atoms with Gasteiger partial charge in [-0.05, 0) is 38.5 Å². The van der Waals surface area contributed by atoms with Gasteiger partial charge >= 0.3 is 5.97 Å². The fourth-order valence-electron chi connectivity index (χ4n) is 2.86. The van der Waals surface area contributed by atoms with Crippen LogP contribution in [0.25, 0.3) is 10.9 Å². The number of ether oxygens (including phenoxy) is 1. The average Bonchev–Trinajstić information content (AvgIpc) is 2.94. The summed E-state index contributed by atoms with van der Waals surface area (Å²) >= 11 is 7.87. The highest BCUT2D eigenvalue weighted by molar-refractivity contribution is 8.01. The average molecular weight is 388 g/mol. The smallest absolute Gasteiger partial charge is 0.321 e. The van der Waals surface area contributed by atoms with Gasteiger partial charge in [0.1, 0.15) is 4.75 Å². The maximum atomic E-state index is 12.3. The summed E-state index contributed by atoms with van der Waals surface area (Å²) in [4.78, 5) is 13.3. The number of aromatic nitrogens is 1. The topological polar surface area (TPSA) is 31.2 Å². The van der Waals surface area contributed by atoms with Crippen LogP contribution in [0.3, 0.4) is 0 Å². The van der Waals surface area contributed by atoms with Crippen LogP contribution in [0, 0.1) is 0 Å². The number of hydrogen-bond donors (Lipinski definition) is 0. The molecule has 0 aliphatic heterocycles. The van der Waals surface area contributed by atoms with Crippen LogP contribution in [-0.2, 0) is 16.1 Å². The normalized spacial score (nSPS) is 11.7. The molecule has 3 aromatic rings. The van der Waals surface area contributed by atoms with Crippen LogP contribution in [0.4, 0.5) is 0 Å². The van der Waals surface area contributed by atoms with Crippen molar-refractivity contribution in [3.05, 3.63) is 65.3 Å². The van der Waals surface area contributed by atoms with Gasteiger partial charge < -0.3 is 9.30 Å². The van der Waals surface area contributed by atoms with Gasteiger partial charge in [0, 0.05) is 33.6 Å². The van der Waals surface area contributed by atoms with Crippen LogP contribution < -0.4 is 0 Å². The van der Waals surface area contributed by atoms with E-state index in [0.29, 0.717) is 13.2 Å². The number of nitrogens with zero attached hydrogens (tertiary/aromatic N) is 1. The lowest BCUT2D eigenvalue weighted by Crippen LogP contribution is -2.29. The van der Waals surface area contributed by atoms with Gasteiger partial charge in [-0.2, -0.15) is 0 Å². The summed E-state index contributed by atoms with van der Waals surface area (Å²) in [6.07, 6.45) is 2.10. The quantitative estimate of drug-likeness (QED) is 0.397. The van der Waals surface area contributed by atoms with E-state index in [-0.39, 0.29) is 5.97 Å². The highest BCUT2D eigenvalue weighted by Crippen LogP contribution is 2.39. The highest BCUT2D eigenvalue weighted by atomic mass is 35.5. The number of fused-ring (bicyclic) bond motifs is 1. The summed E-state index contributed by atoms with van der Waals surface area (Å²) < 4.78 is 6.75. The maximum absolute atomic E-state index is 12.3. The van der Waals surface area contributed by atoms with E-state index in [2.05, 4.69) is 22.9 Å². The monoisotopic (exact) mass is 387 g/mol. The molecule has 3 rings (SSSR count). The molecule has 26 heavy (non-hydrogen) atoms.